The summed E-state index contributed by atoms with van der Waals surface area (Å²) in [4.78, 5) is 20.7. The first-order valence-corrected chi connectivity index (χ1v) is 8.49. The molecule has 0 heterocycles. The molecule has 0 aromatic heterocycles. The fraction of sp³-hybridized carbons (Fsp3) is 0.136. The predicted octanol–water partition coefficient (Wildman–Crippen LogP) is 4.45. The second kappa shape index (κ2) is 8.99. The maximum Gasteiger partial charge on any atom is 0.193 e. The van der Waals surface area contributed by atoms with Crippen molar-refractivity contribution in [3.8, 4) is 0 Å². The van der Waals surface area contributed by atoms with Crippen LogP contribution in [0.3, 0.4) is 0 Å². The predicted molar refractivity (Wildman–Crippen MR) is 109 cm³/mol. The maximum absolute atomic E-state index is 14.9. The van der Waals surface area contributed by atoms with Crippen LogP contribution in [0, 0.1) is 11.6 Å². The Labute approximate surface area is 162 Å². The first-order valence-electron chi connectivity index (χ1n) is 8.49. The van der Waals surface area contributed by atoms with Gasteiger partial charge >= 0.3 is 0 Å². The average molecular weight is 381 g/mol. The molecular formula is C22H21F2N3O. The minimum atomic E-state index is -0.626. The molecule has 0 aliphatic carbocycles. The highest BCUT2D eigenvalue weighted by molar-refractivity contribution is 6.29. The minimum Gasteiger partial charge on any atom is -0.383 e. The van der Waals surface area contributed by atoms with Crippen LogP contribution in [0.2, 0.25) is 0 Å². The molecule has 144 valence electrons. The molecule has 0 radical (unpaired) electrons. The van der Waals surface area contributed by atoms with Crippen molar-refractivity contribution < 1.29 is 13.6 Å². The number of nitrogens with two attached hydrogens (primary N) is 1. The van der Waals surface area contributed by atoms with Gasteiger partial charge in [-0.2, -0.15) is 0 Å². The number of hydrogen-bond acceptors (Lipinski definition) is 3. The monoisotopic (exact) mass is 381 g/mol. The lowest BCUT2D eigenvalue weighted by atomic mass is 9.94. The summed E-state index contributed by atoms with van der Waals surface area (Å²) in [7, 11) is 1.52. The zero-order chi connectivity index (χ0) is 20.8. The largest absolute Gasteiger partial charge is 0.383 e. The van der Waals surface area contributed by atoms with Crippen molar-refractivity contribution in [2.75, 3.05) is 7.05 Å². The quantitative estimate of drug-likeness (QED) is 0.456. The summed E-state index contributed by atoms with van der Waals surface area (Å²) in [6.07, 6.45) is 1.30. The maximum atomic E-state index is 14.9. The van der Waals surface area contributed by atoms with Gasteiger partial charge in [-0.3, -0.25) is 9.79 Å². The number of nitrogens with zero attached hydrogens (tertiary/aromatic N) is 2. The summed E-state index contributed by atoms with van der Waals surface area (Å²) >= 11 is 0. The summed E-state index contributed by atoms with van der Waals surface area (Å²) in [5, 5.41) is 0. The van der Waals surface area contributed by atoms with Gasteiger partial charge in [0.15, 0.2) is 5.78 Å². The third kappa shape index (κ3) is 4.46. The average Bonchev–Trinajstić information content (AvgIpc) is 2.66. The molecular weight excluding hydrogens is 360 g/mol. The Kier molecular flexibility index (Phi) is 6.71. The van der Waals surface area contributed by atoms with Crippen molar-refractivity contribution >= 4 is 17.3 Å². The molecule has 0 saturated carbocycles. The van der Waals surface area contributed by atoms with Gasteiger partial charge in [-0.25, -0.2) is 13.8 Å². The molecule has 0 amide bonds. The number of aliphatic imine (C=N–C) groups is 2. The molecule has 6 heteroatoms. The van der Waals surface area contributed by atoms with E-state index in [0.29, 0.717) is 11.3 Å². The number of amidine groups is 1. The van der Waals surface area contributed by atoms with E-state index in [1.165, 1.54) is 49.6 Å². The van der Waals surface area contributed by atoms with Gasteiger partial charge in [0.25, 0.3) is 0 Å². The first kappa shape index (κ1) is 20.9. The normalized spacial score (nSPS) is 11.9. The molecule has 0 aliphatic rings. The van der Waals surface area contributed by atoms with E-state index in [-0.39, 0.29) is 22.5 Å². The van der Waals surface area contributed by atoms with Crippen LogP contribution in [0.5, 0.6) is 0 Å². The van der Waals surface area contributed by atoms with Gasteiger partial charge in [-0.05, 0) is 50.2 Å². The van der Waals surface area contributed by atoms with Gasteiger partial charge in [-0.1, -0.05) is 18.2 Å². The second-order valence-electron chi connectivity index (χ2n) is 6.17. The van der Waals surface area contributed by atoms with Crippen LogP contribution in [0.4, 0.5) is 8.78 Å². The number of ketones is 1. The van der Waals surface area contributed by atoms with Crippen LogP contribution in [0.1, 0.15) is 35.3 Å². The van der Waals surface area contributed by atoms with Gasteiger partial charge in [0.1, 0.15) is 17.5 Å². The van der Waals surface area contributed by atoms with Crippen molar-refractivity contribution in [2.24, 2.45) is 15.7 Å². The smallest absolute Gasteiger partial charge is 0.193 e. The third-order valence-corrected chi connectivity index (χ3v) is 4.04. The molecule has 0 unspecified atom stereocenters. The summed E-state index contributed by atoms with van der Waals surface area (Å²) in [5.41, 5.74) is 8.22. The Bertz CT molecular complexity index is 999. The summed E-state index contributed by atoms with van der Waals surface area (Å²) < 4.78 is 27.9. The number of carbonyl (C=O) groups excluding carboxylic acids is 1. The van der Waals surface area contributed by atoms with E-state index in [1.54, 1.807) is 0 Å². The van der Waals surface area contributed by atoms with Crippen molar-refractivity contribution in [2.45, 2.75) is 13.8 Å². The Balaban J connectivity index is 2.49. The van der Waals surface area contributed by atoms with Crippen molar-refractivity contribution in [1.29, 1.82) is 0 Å². The highest BCUT2D eigenvalue weighted by atomic mass is 19.1. The Hall–Kier alpha value is -3.41. The van der Waals surface area contributed by atoms with E-state index < -0.39 is 17.4 Å². The van der Waals surface area contributed by atoms with Crippen LogP contribution >= 0.6 is 0 Å². The van der Waals surface area contributed by atoms with E-state index in [4.69, 9.17) is 5.73 Å². The van der Waals surface area contributed by atoms with E-state index in [1.807, 2.05) is 13.8 Å². The number of hydrogen-bond donors (Lipinski definition) is 1. The summed E-state index contributed by atoms with van der Waals surface area (Å²) in [5.74, 6) is -1.31. The Morgan fingerprint density at radius 1 is 1.07 bits per heavy atom. The topological polar surface area (TPSA) is 67.8 Å². The zero-order valence-electron chi connectivity index (χ0n) is 16.0. The van der Waals surface area contributed by atoms with Crippen LogP contribution in [-0.2, 0) is 0 Å². The molecule has 0 aliphatic heterocycles. The van der Waals surface area contributed by atoms with Gasteiger partial charge < -0.3 is 5.73 Å². The lowest BCUT2D eigenvalue weighted by molar-refractivity contribution is 0.103. The number of halogens is 2. The number of allylic oxidation sites excluding steroid dienone is 1. The van der Waals surface area contributed by atoms with E-state index >= 15 is 0 Å². The van der Waals surface area contributed by atoms with Gasteiger partial charge in [0, 0.05) is 35.5 Å². The van der Waals surface area contributed by atoms with Crippen molar-refractivity contribution in [1.82, 2.24) is 0 Å². The highest BCUT2D eigenvalue weighted by Crippen LogP contribution is 2.20. The number of carbonyl (C=O) groups is 1. The molecule has 2 rings (SSSR count). The minimum absolute atomic E-state index is 0.148. The first-order chi connectivity index (χ1) is 13.3. The van der Waals surface area contributed by atoms with Gasteiger partial charge in [0.2, 0.25) is 0 Å². The molecule has 4 nitrogen and oxygen atoms in total. The molecule has 0 fully saturated rings. The summed E-state index contributed by atoms with van der Waals surface area (Å²) in [6.45, 7) is 7.15. The second-order valence-corrected chi connectivity index (χ2v) is 6.17. The lowest BCUT2D eigenvalue weighted by Gasteiger charge is -2.14. The fourth-order valence-corrected chi connectivity index (χ4v) is 2.76. The van der Waals surface area contributed by atoms with Crippen LogP contribution < -0.4 is 5.73 Å². The van der Waals surface area contributed by atoms with Crippen molar-refractivity contribution in [3.63, 3.8) is 0 Å². The molecule has 28 heavy (non-hydrogen) atoms. The van der Waals surface area contributed by atoms with Crippen LogP contribution in [0.25, 0.3) is 0 Å². The molecule has 0 bridgehead atoms. The highest BCUT2D eigenvalue weighted by Gasteiger charge is 2.20. The van der Waals surface area contributed by atoms with E-state index in [9.17, 15) is 13.6 Å². The fourth-order valence-electron chi connectivity index (χ4n) is 2.76. The van der Waals surface area contributed by atoms with E-state index in [2.05, 4.69) is 16.6 Å². The molecule has 0 spiro atoms. The standard InChI is InChI=1S/C22H21F2N3O/c1-5-27-22(25)19(13(2)3)20(26-4)17-11-8-15(12-18(17)24)21(28)14-6-9-16(23)10-7-14/h5-12H,1H2,2-4H3,(H2,25,27). The van der Waals surface area contributed by atoms with Crippen LogP contribution in [0.15, 0.2) is 76.4 Å². The Morgan fingerprint density at radius 2 is 1.68 bits per heavy atom. The molecule has 2 N–H and O–H groups in total. The molecule has 2 aromatic rings. The number of rotatable bonds is 6. The van der Waals surface area contributed by atoms with Gasteiger partial charge in [-0.15, -0.1) is 0 Å². The lowest BCUT2D eigenvalue weighted by Crippen LogP contribution is -2.24. The Morgan fingerprint density at radius 3 is 2.18 bits per heavy atom. The zero-order valence-corrected chi connectivity index (χ0v) is 16.0. The van der Waals surface area contributed by atoms with E-state index in [0.717, 1.165) is 11.6 Å². The van der Waals surface area contributed by atoms with Crippen LogP contribution in [-0.4, -0.2) is 24.4 Å². The van der Waals surface area contributed by atoms with Gasteiger partial charge in [0.05, 0.1) is 5.71 Å². The molecule has 2 aromatic carbocycles. The third-order valence-electron chi connectivity index (χ3n) is 4.04. The summed E-state index contributed by atoms with van der Waals surface area (Å²) in [6, 6.07) is 9.18. The number of benzene rings is 2. The molecule has 0 saturated heterocycles. The SMILES string of the molecule is C=CN=C(N)C(C(=NC)c1ccc(C(=O)c2ccc(F)cc2)cc1F)=C(C)C. The van der Waals surface area contributed by atoms with Crippen molar-refractivity contribution in [3.05, 3.63) is 94.7 Å². The molecule has 0 atom stereocenters.